The lowest BCUT2D eigenvalue weighted by molar-refractivity contribution is 0.0690. The zero-order chi connectivity index (χ0) is 13.3. The summed E-state index contributed by atoms with van der Waals surface area (Å²) in [6.45, 7) is 7.04. The SMILES string of the molecule is CN1CCN(c2cnc(C(=O)O)cn2)CC1(C)C. The molecule has 0 aliphatic carbocycles. The van der Waals surface area contributed by atoms with E-state index in [-0.39, 0.29) is 11.2 Å². The average Bonchev–Trinajstić information content (AvgIpc) is 2.33. The first-order valence-electron chi connectivity index (χ1n) is 5.92. The first-order valence-corrected chi connectivity index (χ1v) is 5.92. The van der Waals surface area contributed by atoms with Gasteiger partial charge in [0.1, 0.15) is 5.82 Å². The Balaban J connectivity index is 2.15. The van der Waals surface area contributed by atoms with Gasteiger partial charge in [-0.25, -0.2) is 14.8 Å². The number of rotatable bonds is 2. The average molecular weight is 250 g/mol. The minimum absolute atomic E-state index is 0.0212. The molecule has 0 spiro atoms. The summed E-state index contributed by atoms with van der Waals surface area (Å²) in [6, 6.07) is 0. The van der Waals surface area contributed by atoms with Crippen molar-refractivity contribution >= 4 is 11.8 Å². The molecule has 2 rings (SSSR count). The van der Waals surface area contributed by atoms with Gasteiger partial charge in [0.05, 0.1) is 12.4 Å². The number of aromatic carboxylic acids is 1. The molecule has 1 aromatic rings. The predicted octanol–water partition coefficient (Wildman–Crippen LogP) is 0.705. The Kier molecular flexibility index (Phi) is 3.21. The van der Waals surface area contributed by atoms with Crippen LogP contribution in [0.5, 0.6) is 0 Å². The summed E-state index contributed by atoms with van der Waals surface area (Å²) in [5, 5.41) is 8.78. The standard InChI is InChI=1S/C12H18N4O2/c1-12(2)8-16(5-4-15(12)3)10-7-13-9(6-14-10)11(17)18/h6-7H,4-5,8H2,1-3H3,(H,17,18). The third kappa shape index (κ3) is 2.43. The third-order valence-corrected chi connectivity index (χ3v) is 3.50. The minimum atomic E-state index is -1.05. The van der Waals surface area contributed by atoms with Gasteiger partial charge in [0.2, 0.25) is 0 Å². The van der Waals surface area contributed by atoms with E-state index >= 15 is 0 Å². The van der Waals surface area contributed by atoms with Crippen molar-refractivity contribution in [2.24, 2.45) is 0 Å². The summed E-state index contributed by atoms with van der Waals surface area (Å²) in [7, 11) is 2.11. The lowest BCUT2D eigenvalue weighted by Gasteiger charge is -2.45. The quantitative estimate of drug-likeness (QED) is 0.833. The van der Waals surface area contributed by atoms with Gasteiger partial charge in [-0.05, 0) is 20.9 Å². The molecule has 18 heavy (non-hydrogen) atoms. The number of nitrogens with zero attached hydrogens (tertiary/aromatic N) is 4. The summed E-state index contributed by atoms with van der Waals surface area (Å²) in [6.07, 6.45) is 2.84. The van der Waals surface area contributed by atoms with Crippen molar-refractivity contribution in [2.75, 3.05) is 31.6 Å². The van der Waals surface area contributed by atoms with Crippen LogP contribution in [0.4, 0.5) is 5.82 Å². The Bertz CT molecular complexity index is 444. The van der Waals surface area contributed by atoms with Crippen molar-refractivity contribution < 1.29 is 9.90 Å². The summed E-state index contributed by atoms with van der Waals surface area (Å²) in [4.78, 5) is 23.2. The summed E-state index contributed by atoms with van der Waals surface area (Å²) >= 11 is 0. The van der Waals surface area contributed by atoms with Gasteiger partial charge >= 0.3 is 5.97 Å². The van der Waals surface area contributed by atoms with Gasteiger partial charge in [-0.3, -0.25) is 4.90 Å². The van der Waals surface area contributed by atoms with Gasteiger partial charge < -0.3 is 10.0 Å². The van der Waals surface area contributed by atoms with Gasteiger partial charge in [-0.1, -0.05) is 0 Å². The lowest BCUT2D eigenvalue weighted by atomic mass is 10.00. The van der Waals surface area contributed by atoms with Gasteiger partial charge in [-0.2, -0.15) is 0 Å². The topological polar surface area (TPSA) is 69.6 Å². The highest BCUT2D eigenvalue weighted by atomic mass is 16.4. The number of hydrogen-bond acceptors (Lipinski definition) is 5. The van der Waals surface area contributed by atoms with Crippen LogP contribution >= 0.6 is 0 Å². The van der Waals surface area contributed by atoms with Crippen LogP contribution in [0, 0.1) is 0 Å². The lowest BCUT2D eigenvalue weighted by Crippen LogP contribution is -2.57. The van der Waals surface area contributed by atoms with Crippen LogP contribution in [0.1, 0.15) is 24.3 Å². The maximum Gasteiger partial charge on any atom is 0.356 e. The molecule has 1 N–H and O–H groups in total. The fourth-order valence-electron chi connectivity index (χ4n) is 2.03. The molecule has 0 unspecified atom stereocenters. The first-order chi connectivity index (χ1) is 8.40. The van der Waals surface area contributed by atoms with Crippen LogP contribution in [-0.4, -0.2) is 58.2 Å². The van der Waals surface area contributed by atoms with Crippen molar-refractivity contribution in [2.45, 2.75) is 19.4 Å². The number of anilines is 1. The van der Waals surface area contributed by atoms with Crippen LogP contribution in [0.3, 0.4) is 0 Å². The summed E-state index contributed by atoms with van der Waals surface area (Å²) in [5.41, 5.74) is 0.0536. The van der Waals surface area contributed by atoms with E-state index < -0.39 is 5.97 Å². The molecule has 0 amide bonds. The largest absolute Gasteiger partial charge is 0.476 e. The second-order valence-electron chi connectivity index (χ2n) is 5.22. The number of carboxylic acids is 1. The monoisotopic (exact) mass is 250 g/mol. The highest BCUT2D eigenvalue weighted by molar-refractivity contribution is 5.84. The molecular weight excluding hydrogens is 232 g/mol. The Hall–Kier alpha value is -1.69. The van der Waals surface area contributed by atoms with Crippen LogP contribution in [-0.2, 0) is 0 Å². The number of likely N-dealkylation sites (N-methyl/N-ethyl adjacent to an activating group) is 1. The highest BCUT2D eigenvalue weighted by Gasteiger charge is 2.31. The fraction of sp³-hybridized carbons (Fsp3) is 0.583. The summed E-state index contributed by atoms with van der Waals surface area (Å²) < 4.78 is 0. The first kappa shape index (κ1) is 12.8. The molecule has 0 radical (unpaired) electrons. The van der Waals surface area contributed by atoms with Crippen LogP contribution in [0.25, 0.3) is 0 Å². The zero-order valence-electron chi connectivity index (χ0n) is 10.9. The van der Waals surface area contributed by atoms with Gasteiger partial charge in [0.15, 0.2) is 5.69 Å². The van der Waals surface area contributed by atoms with Crippen LogP contribution in [0.15, 0.2) is 12.4 Å². The van der Waals surface area contributed by atoms with E-state index in [0.717, 1.165) is 25.5 Å². The smallest absolute Gasteiger partial charge is 0.356 e. The zero-order valence-corrected chi connectivity index (χ0v) is 10.9. The molecule has 1 fully saturated rings. The van der Waals surface area contributed by atoms with Gasteiger partial charge in [0.25, 0.3) is 0 Å². The molecule has 1 aliphatic heterocycles. The molecular formula is C12H18N4O2. The van der Waals surface area contributed by atoms with E-state index in [2.05, 4.69) is 40.7 Å². The van der Waals surface area contributed by atoms with Crippen molar-refractivity contribution in [3.8, 4) is 0 Å². The van der Waals surface area contributed by atoms with Crippen molar-refractivity contribution in [3.63, 3.8) is 0 Å². The van der Waals surface area contributed by atoms with E-state index in [9.17, 15) is 4.79 Å². The molecule has 1 saturated heterocycles. The number of carbonyl (C=O) groups is 1. The van der Waals surface area contributed by atoms with Crippen molar-refractivity contribution in [1.82, 2.24) is 14.9 Å². The molecule has 2 heterocycles. The van der Waals surface area contributed by atoms with E-state index in [1.54, 1.807) is 0 Å². The molecule has 6 heteroatoms. The molecule has 0 bridgehead atoms. The van der Waals surface area contributed by atoms with Crippen LogP contribution in [0.2, 0.25) is 0 Å². The van der Waals surface area contributed by atoms with Crippen molar-refractivity contribution in [3.05, 3.63) is 18.1 Å². The van der Waals surface area contributed by atoms with Crippen LogP contribution < -0.4 is 4.90 Å². The molecule has 1 aromatic heterocycles. The molecule has 0 aromatic carbocycles. The molecule has 0 saturated carbocycles. The van der Waals surface area contributed by atoms with E-state index in [4.69, 9.17) is 5.11 Å². The predicted molar refractivity (Wildman–Crippen MR) is 67.9 cm³/mol. The summed E-state index contributed by atoms with van der Waals surface area (Å²) in [5.74, 6) is -0.311. The minimum Gasteiger partial charge on any atom is -0.476 e. The highest BCUT2D eigenvalue weighted by Crippen LogP contribution is 2.22. The van der Waals surface area contributed by atoms with E-state index in [0.29, 0.717) is 0 Å². The Labute approximate surface area is 106 Å². The maximum atomic E-state index is 10.7. The second kappa shape index (κ2) is 4.53. The Morgan fingerprint density at radius 3 is 2.56 bits per heavy atom. The normalized spacial score (nSPS) is 19.8. The van der Waals surface area contributed by atoms with E-state index in [1.807, 2.05) is 0 Å². The third-order valence-electron chi connectivity index (χ3n) is 3.50. The maximum absolute atomic E-state index is 10.7. The number of piperazine rings is 1. The Morgan fingerprint density at radius 2 is 2.06 bits per heavy atom. The number of aromatic nitrogens is 2. The van der Waals surface area contributed by atoms with Crippen molar-refractivity contribution in [1.29, 1.82) is 0 Å². The molecule has 1 aliphatic rings. The van der Waals surface area contributed by atoms with Gasteiger partial charge in [-0.15, -0.1) is 0 Å². The second-order valence-corrected chi connectivity index (χ2v) is 5.22. The number of carboxylic acid groups (broad SMARTS) is 1. The molecule has 0 atom stereocenters. The fourth-order valence-corrected chi connectivity index (χ4v) is 2.03. The van der Waals surface area contributed by atoms with Gasteiger partial charge in [0, 0.05) is 25.2 Å². The van der Waals surface area contributed by atoms with E-state index in [1.165, 1.54) is 12.4 Å². The molecule has 6 nitrogen and oxygen atoms in total. The Morgan fingerprint density at radius 1 is 1.33 bits per heavy atom. The number of hydrogen-bond donors (Lipinski definition) is 1. The molecule has 98 valence electrons.